The van der Waals surface area contributed by atoms with Gasteiger partial charge in [-0.2, -0.15) is 0 Å². The summed E-state index contributed by atoms with van der Waals surface area (Å²) in [5.74, 6) is 0.304. The Bertz CT molecular complexity index is 439. The van der Waals surface area contributed by atoms with Gasteiger partial charge in [0, 0.05) is 0 Å². The van der Waals surface area contributed by atoms with E-state index < -0.39 is 5.60 Å². The van der Waals surface area contributed by atoms with Crippen molar-refractivity contribution in [3.05, 3.63) is 17.1 Å². The summed E-state index contributed by atoms with van der Waals surface area (Å²) in [6.07, 6.45) is 1.88. The quantitative estimate of drug-likeness (QED) is 0.461. The molecule has 0 saturated heterocycles. The van der Waals surface area contributed by atoms with Crippen molar-refractivity contribution in [2.45, 2.75) is 45.2 Å². The van der Waals surface area contributed by atoms with Gasteiger partial charge in [0.15, 0.2) is 0 Å². The van der Waals surface area contributed by atoms with E-state index in [9.17, 15) is 4.79 Å². The summed E-state index contributed by atoms with van der Waals surface area (Å²) in [5.41, 5.74) is 0.624. The maximum Gasteiger partial charge on any atom is 0.343 e. The monoisotopic (exact) mass is 254 g/mol. The molecule has 0 aromatic carbocycles. The molecule has 94 valence electrons. The van der Waals surface area contributed by atoms with Crippen molar-refractivity contribution in [2.75, 3.05) is 6.26 Å². The summed E-state index contributed by atoms with van der Waals surface area (Å²) in [5, 5.41) is 0.671. The lowest BCUT2D eigenvalue weighted by atomic mass is 10.2. The maximum atomic E-state index is 12.1. The molecule has 17 heavy (non-hydrogen) atoms. The molecule has 0 aliphatic carbocycles. The highest BCUT2D eigenvalue weighted by Crippen LogP contribution is 2.23. The highest BCUT2D eigenvalue weighted by Gasteiger charge is 2.23. The smallest absolute Gasteiger partial charge is 0.343 e. The van der Waals surface area contributed by atoms with Gasteiger partial charge in [0.1, 0.15) is 22.0 Å². The van der Waals surface area contributed by atoms with Crippen LogP contribution in [0.4, 0.5) is 0 Å². The zero-order chi connectivity index (χ0) is 13.2. The van der Waals surface area contributed by atoms with Crippen LogP contribution in [0.5, 0.6) is 0 Å². The summed E-state index contributed by atoms with van der Waals surface area (Å²) >= 11 is 1.43. The molecular weight excluding hydrogens is 236 g/mol. The Morgan fingerprint density at radius 1 is 1.24 bits per heavy atom. The molecular formula is C12H18N2O2S. The molecule has 0 fully saturated rings. The number of aromatic nitrogens is 2. The Morgan fingerprint density at radius 2 is 1.82 bits per heavy atom. The molecule has 0 aliphatic heterocycles. The van der Waals surface area contributed by atoms with Crippen LogP contribution in [0.3, 0.4) is 0 Å². The van der Waals surface area contributed by atoms with Crippen LogP contribution in [0.1, 0.15) is 42.6 Å². The van der Waals surface area contributed by atoms with E-state index in [1.807, 2.05) is 34.0 Å². The topological polar surface area (TPSA) is 52.1 Å². The van der Waals surface area contributed by atoms with Crippen LogP contribution in [-0.4, -0.2) is 27.8 Å². The summed E-state index contributed by atoms with van der Waals surface area (Å²) in [7, 11) is 0. The number of nitrogens with zero attached hydrogens (tertiary/aromatic N) is 2. The maximum absolute atomic E-state index is 12.1. The van der Waals surface area contributed by atoms with Crippen LogP contribution in [0.15, 0.2) is 5.03 Å². The molecule has 0 aliphatic rings. The summed E-state index contributed by atoms with van der Waals surface area (Å²) < 4.78 is 5.35. The Balaban J connectivity index is 3.17. The molecule has 1 rings (SSSR count). The van der Waals surface area contributed by atoms with Gasteiger partial charge in [-0.15, -0.1) is 11.8 Å². The standard InChI is InChI=1S/C12H18N2O2S/c1-7-9(11(15)16-12(3,4)5)10(17-6)14-8(2)13-7/h1-6H3. The second kappa shape index (κ2) is 5.04. The SMILES string of the molecule is CSc1nc(C)nc(C)c1C(=O)OC(C)(C)C. The molecule has 0 N–H and O–H groups in total. The minimum atomic E-state index is -0.510. The van der Waals surface area contributed by atoms with Gasteiger partial charge in [0.25, 0.3) is 0 Å². The number of thioether (sulfide) groups is 1. The van der Waals surface area contributed by atoms with E-state index in [1.54, 1.807) is 6.92 Å². The highest BCUT2D eigenvalue weighted by molar-refractivity contribution is 7.98. The van der Waals surface area contributed by atoms with Crippen LogP contribution >= 0.6 is 11.8 Å². The van der Waals surface area contributed by atoms with E-state index in [0.717, 1.165) is 0 Å². The molecule has 0 bridgehead atoms. The zero-order valence-corrected chi connectivity index (χ0v) is 11.9. The highest BCUT2D eigenvalue weighted by atomic mass is 32.2. The largest absolute Gasteiger partial charge is 0.456 e. The van der Waals surface area contributed by atoms with E-state index in [-0.39, 0.29) is 5.97 Å². The molecule has 0 spiro atoms. The van der Waals surface area contributed by atoms with Crippen molar-refractivity contribution in [2.24, 2.45) is 0 Å². The van der Waals surface area contributed by atoms with Crippen molar-refractivity contribution in [1.82, 2.24) is 9.97 Å². The summed E-state index contributed by atoms with van der Waals surface area (Å²) in [4.78, 5) is 20.5. The van der Waals surface area contributed by atoms with E-state index in [1.165, 1.54) is 11.8 Å². The van der Waals surface area contributed by atoms with E-state index in [0.29, 0.717) is 22.1 Å². The van der Waals surface area contributed by atoms with Crippen LogP contribution < -0.4 is 0 Å². The zero-order valence-electron chi connectivity index (χ0n) is 11.1. The molecule has 5 heteroatoms. The first-order chi connectivity index (χ1) is 7.74. The van der Waals surface area contributed by atoms with Crippen molar-refractivity contribution >= 4 is 17.7 Å². The Labute approximate surface area is 106 Å². The van der Waals surface area contributed by atoms with Gasteiger partial charge in [-0.25, -0.2) is 14.8 Å². The normalized spacial score (nSPS) is 11.4. The second-order valence-corrected chi connectivity index (χ2v) is 5.54. The third-order valence-electron chi connectivity index (χ3n) is 1.96. The van der Waals surface area contributed by atoms with Crippen LogP contribution in [0, 0.1) is 13.8 Å². The van der Waals surface area contributed by atoms with E-state index in [4.69, 9.17) is 4.74 Å². The lowest BCUT2D eigenvalue weighted by molar-refractivity contribution is 0.00632. The van der Waals surface area contributed by atoms with E-state index >= 15 is 0 Å². The molecule has 0 radical (unpaired) electrons. The average molecular weight is 254 g/mol. The number of ether oxygens (including phenoxy) is 1. The third kappa shape index (κ3) is 3.70. The molecule has 1 aromatic rings. The van der Waals surface area contributed by atoms with Gasteiger partial charge in [-0.05, 0) is 40.9 Å². The van der Waals surface area contributed by atoms with Crippen molar-refractivity contribution in [1.29, 1.82) is 0 Å². The molecule has 0 saturated carbocycles. The Hall–Kier alpha value is -1.10. The van der Waals surface area contributed by atoms with Crippen molar-refractivity contribution in [3.8, 4) is 0 Å². The van der Waals surface area contributed by atoms with Crippen LogP contribution in [-0.2, 0) is 4.74 Å². The number of hydrogen-bond acceptors (Lipinski definition) is 5. The van der Waals surface area contributed by atoms with Crippen LogP contribution in [0.25, 0.3) is 0 Å². The Kier molecular flexibility index (Phi) is 4.14. The first kappa shape index (κ1) is 14.0. The lowest BCUT2D eigenvalue weighted by Crippen LogP contribution is -2.25. The summed E-state index contributed by atoms with van der Waals surface area (Å²) in [6, 6.07) is 0. The van der Waals surface area contributed by atoms with Crippen molar-refractivity contribution < 1.29 is 9.53 Å². The number of rotatable bonds is 2. The minimum absolute atomic E-state index is 0.362. The number of esters is 1. The van der Waals surface area contributed by atoms with Crippen molar-refractivity contribution in [3.63, 3.8) is 0 Å². The second-order valence-electron chi connectivity index (χ2n) is 4.74. The molecule has 4 nitrogen and oxygen atoms in total. The van der Waals surface area contributed by atoms with Gasteiger partial charge < -0.3 is 4.74 Å². The van der Waals surface area contributed by atoms with Crippen LogP contribution in [0.2, 0.25) is 0 Å². The molecule has 0 amide bonds. The molecule has 1 heterocycles. The number of carbonyl (C=O) groups is 1. The van der Waals surface area contributed by atoms with E-state index in [2.05, 4.69) is 9.97 Å². The van der Waals surface area contributed by atoms with Gasteiger partial charge in [-0.3, -0.25) is 0 Å². The summed E-state index contributed by atoms with van der Waals surface area (Å²) in [6.45, 7) is 9.13. The predicted molar refractivity (Wildman–Crippen MR) is 68.5 cm³/mol. The number of carbonyl (C=O) groups excluding carboxylic acids is 1. The fourth-order valence-electron chi connectivity index (χ4n) is 1.39. The fourth-order valence-corrected chi connectivity index (χ4v) is 2.05. The Morgan fingerprint density at radius 3 is 2.29 bits per heavy atom. The molecule has 0 atom stereocenters. The van der Waals surface area contributed by atoms with Gasteiger partial charge >= 0.3 is 5.97 Å². The number of hydrogen-bond donors (Lipinski definition) is 0. The first-order valence-electron chi connectivity index (χ1n) is 5.37. The first-order valence-corrected chi connectivity index (χ1v) is 6.59. The van der Waals surface area contributed by atoms with Gasteiger partial charge in [0.2, 0.25) is 0 Å². The number of aryl methyl sites for hydroxylation is 2. The minimum Gasteiger partial charge on any atom is -0.456 e. The van der Waals surface area contributed by atoms with Gasteiger partial charge in [-0.1, -0.05) is 0 Å². The van der Waals surface area contributed by atoms with Gasteiger partial charge in [0.05, 0.1) is 5.69 Å². The fraction of sp³-hybridized carbons (Fsp3) is 0.583. The molecule has 0 unspecified atom stereocenters. The average Bonchev–Trinajstić information content (AvgIpc) is 2.12. The third-order valence-corrected chi connectivity index (χ3v) is 2.65. The lowest BCUT2D eigenvalue weighted by Gasteiger charge is -2.20. The predicted octanol–water partition coefficient (Wildman–Crippen LogP) is 2.77. The molecule has 1 aromatic heterocycles.